The van der Waals surface area contributed by atoms with Gasteiger partial charge in [-0.05, 0) is 132 Å². The van der Waals surface area contributed by atoms with Gasteiger partial charge in [0.15, 0.2) is 0 Å². The Morgan fingerprint density at radius 1 is 0.167 bits per heavy atom. The van der Waals surface area contributed by atoms with Crippen LogP contribution in [0.25, 0.3) is 11.1 Å². The molecule has 0 atom stereocenters. The van der Waals surface area contributed by atoms with Crippen molar-refractivity contribution < 1.29 is 28.4 Å². The first-order valence-corrected chi connectivity index (χ1v) is 17.4. The van der Waals surface area contributed by atoms with E-state index in [2.05, 4.69) is 0 Å². The fourth-order valence-corrected chi connectivity index (χ4v) is 5.58. The lowest BCUT2D eigenvalue weighted by molar-refractivity contribution is 0.456. The van der Waals surface area contributed by atoms with Crippen LogP contribution in [0.3, 0.4) is 0 Å². The van der Waals surface area contributed by atoms with E-state index in [1.807, 2.05) is 206 Å². The lowest BCUT2D eigenvalue weighted by atomic mass is 10.1. The summed E-state index contributed by atoms with van der Waals surface area (Å²) in [5, 5.41) is 0. The third kappa shape index (κ3) is 9.07. The molecule has 0 heterocycles. The predicted molar refractivity (Wildman–Crippen MR) is 211 cm³/mol. The molecule has 0 radical (unpaired) electrons. The molecule has 0 N–H and O–H groups in total. The zero-order valence-corrected chi connectivity index (χ0v) is 29.1. The molecule has 0 saturated carbocycles. The molecule has 0 fully saturated rings. The highest BCUT2D eigenvalue weighted by Gasteiger charge is 2.07. The van der Waals surface area contributed by atoms with Crippen LogP contribution in [-0.2, 0) is 0 Å². The fourth-order valence-electron chi connectivity index (χ4n) is 5.58. The van der Waals surface area contributed by atoms with Gasteiger partial charge in [0, 0.05) is 12.1 Å². The van der Waals surface area contributed by atoms with Gasteiger partial charge < -0.3 is 28.4 Å². The van der Waals surface area contributed by atoms with E-state index >= 15 is 0 Å². The largest absolute Gasteiger partial charge is 0.457 e. The van der Waals surface area contributed by atoms with Gasteiger partial charge in [-0.25, -0.2) is 0 Å². The van der Waals surface area contributed by atoms with Crippen LogP contribution in [0.5, 0.6) is 69.0 Å². The topological polar surface area (TPSA) is 55.4 Å². The highest BCUT2D eigenvalue weighted by molar-refractivity contribution is 5.65. The predicted octanol–water partition coefficient (Wildman–Crippen LogP) is 14.1. The number of para-hydroxylation sites is 2. The minimum absolute atomic E-state index is 0.681. The number of ether oxygens (including phenoxy) is 6. The minimum Gasteiger partial charge on any atom is -0.457 e. The normalized spacial score (nSPS) is 10.6. The Morgan fingerprint density at radius 2 is 0.370 bits per heavy atom. The van der Waals surface area contributed by atoms with Crippen LogP contribution in [0.15, 0.2) is 206 Å². The molecule has 6 heteroatoms. The average molecular weight is 707 g/mol. The minimum atomic E-state index is 0.681. The van der Waals surface area contributed by atoms with E-state index in [4.69, 9.17) is 28.4 Å². The van der Waals surface area contributed by atoms with Crippen LogP contribution < -0.4 is 28.4 Å². The Balaban J connectivity index is 0.822. The molecule has 0 bridgehead atoms. The van der Waals surface area contributed by atoms with E-state index in [1.165, 1.54) is 0 Å². The number of benzene rings is 8. The summed E-state index contributed by atoms with van der Waals surface area (Å²) in [4.78, 5) is 0. The molecule has 0 spiro atoms. The van der Waals surface area contributed by atoms with E-state index in [9.17, 15) is 0 Å². The van der Waals surface area contributed by atoms with Crippen LogP contribution >= 0.6 is 0 Å². The first kappa shape index (κ1) is 33.7. The van der Waals surface area contributed by atoms with Crippen LogP contribution in [0.4, 0.5) is 0 Å². The summed E-state index contributed by atoms with van der Waals surface area (Å²) in [5.74, 6) is 8.58. The van der Waals surface area contributed by atoms with E-state index in [-0.39, 0.29) is 0 Å². The molecule has 6 nitrogen and oxygen atoms in total. The van der Waals surface area contributed by atoms with Crippen molar-refractivity contribution in [2.75, 3.05) is 0 Å². The van der Waals surface area contributed by atoms with Crippen molar-refractivity contribution in [1.82, 2.24) is 0 Å². The molecular weight excluding hydrogens is 673 g/mol. The molecule has 0 amide bonds. The fraction of sp³-hybridized carbons (Fsp3) is 0. The van der Waals surface area contributed by atoms with Gasteiger partial charge in [-0.2, -0.15) is 0 Å². The molecule has 8 rings (SSSR count). The molecule has 54 heavy (non-hydrogen) atoms. The summed E-state index contributed by atoms with van der Waals surface area (Å²) in [6.45, 7) is 0. The summed E-state index contributed by atoms with van der Waals surface area (Å²) in [6, 6.07) is 65.4. The van der Waals surface area contributed by atoms with Crippen molar-refractivity contribution in [3.8, 4) is 80.1 Å². The van der Waals surface area contributed by atoms with Crippen molar-refractivity contribution in [3.05, 3.63) is 206 Å². The molecule has 262 valence electrons. The summed E-state index contributed by atoms with van der Waals surface area (Å²) >= 11 is 0. The van der Waals surface area contributed by atoms with Crippen molar-refractivity contribution in [3.63, 3.8) is 0 Å². The highest BCUT2D eigenvalue weighted by Crippen LogP contribution is 2.33. The second-order valence-corrected chi connectivity index (χ2v) is 12.2. The van der Waals surface area contributed by atoms with E-state index in [0.29, 0.717) is 46.0 Å². The maximum Gasteiger partial charge on any atom is 0.131 e. The molecule has 0 aliphatic carbocycles. The average Bonchev–Trinajstić information content (AvgIpc) is 3.21. The SMILES string of the molecule is c1ccc(Oc2cccc(Oc3ccc(Oc4ccc(-c5ccc(Oc6ccc(Oc7cccc(Oc8ccccc8)c7)cc6)cc5)cc4)cc3)c2)cc1. The van der Waals surface area contributed by atoms with Gasteiger partial charge in [0.25, 0.3) is 0 Å². The Labute approximate surface area is 314 Å². The lowest BCUT2D eigenvalue weighted by Gasteiger charge is -2.11. The standard InChI is InChI=1S/C48H34O6/c1-3-9-37(10-4-1)51-45-13-7-15-47(33-45)53-43-29-25-41(26-30-43)49-39-21-17-35(18-22-39)36-19-23-40(24-20-36)50-42-27-31-44(32-28-42)54-48-16-8-14-46(34-48)52-38-11-5-2-6-12-38/h1-34H. The smallest absolute Gasteiger partial charge is 0.131 e. The van der Waals surface area contributed by atoms with E-state index in [1.54, 1.807) is 0 Å². The molecular formula is C48H34O6. The zero-order chi connectivity index (χ0) is 36.4. The molecule has 8 aromatic rings. The summed E-state index contributed by atoms with van der Waals surface area (Å²) in [7, 11) is 0. The Morgan fingerprint density at radius 3 is 0.648 bits per heavy atom. The number of rotatable bonds is 13. The summed E-state index contributed by atoms with van der Waals surface area (Å²) < 4.78 is 36.2. The number of hydrogen-bond acceptors (Lipinski definition) is 6. The van der Waals surface area contributed by atoms with Gasteiger partial charge in [-0.1, -0.05) is 72.8 Å². The van der Waals surface area contributed by atoms with Crippen molar-refractivity contribution in [2.45, 2.75) is 0 Å². The van der Waals surface area contributed by atoms with Crippen LogP contribution in [0, 0.1) is 0 Å². The third-order valence-corrected chi connectivity index (χ3v) is 8.20. The zero-order valence-electron chi connectivity index (χ0n) is 29.1. The monoisotopic (exact) mass is 706 g/mol. The van der Waals surface area contributed by atoms with Crippen LogP contribution in [-0.4, -0.2) is 0 Å². The molecule has 0 aliphatic heterocycles. The highest BCUT2D eigenvalue weighted by atomic mass is 16.5. The summed E-state index contributed by atoms with van der Waals surface area (Å²) in [6.07, 6.45) is 0. The second-order valence-electron chi connectivity index (χ2n) is 12.2. The second kappa shape index (κ2) is 16.3. The van der Waals surface area contributed by atoms with Gasteiger partial charge in [-0.3, -0.25) is 0 Å². The van der Waals surface area contributed by atoms with Crippen LogP contribution in [0.2, 0.25) is 0 Å². The first-order chi connectivity index (χ1) is 26.7. The van der Waals surface area contributed by atoms with Crippen molar-refractivity contribution in [1.29, 1.82) is 0 Å². The van der Waals surface area contributed by atoms with Gasteiger partial charge in [0.2, 0.25) is 0 Å². The quantitative estimate of drug-likeness (QED) is 0.119. The summed E-state index contributed by atoms with van der Waals surface area (Å²) in [5.41, 5.74) is 2.13. The molecule has 0 aromatic heterocycles. The van der Waals surface area contributed by atoms with Crippen LogP contribution in [0.1, 0.15) is 0 Å². The first-order valence-electron chi connectivity index (χ1n) is 17.4. The number of hydrogen-bond donors (Lipinski definition) is 0. The maximum atomic E-state index is 6.10. The molecule has 0 unspecified atom stereocenters. The third-order valence-electron chi connectivity index (χ3n) is 8.20. The Bertz CT molecular complexity index is 2220. The van der Waals surface area contributed by atoms with Crippen molar-refractivity contribution >= 4 is 0 Å². The van der Waals surface area contributed by atoms with E-state index in [0.717, 1.165) is 34.1 Å². The Hall–Kier alpha value is -7.44. The maximum absolute atomic E-state index is 6.10. The molecule has 8 aromatic carbocycles. The van der Waals surface area contributed by atoms with Gasteiger partial charge >= 0.3 is 0 Å². The lowest BCUT2D eigenvalue weighted by Crippen LogP contribution is -1.88. The Kier molecular flexibility index (Phi) is 10.2. The molecule has 0 aliphatic rings. The van der Waals surface area contributed by atoms with E-state index < -0.39 is 0 Å². The van der Waals surface area contributed by atoms with Gasteiger partial charge in [0.1, 0.15) is 69.0 Å². The van der Waals surface area contributed by atoms with Crippen molar-refractivity contribution in [2.24, 2.45) is 0 Å². The molecule has 0 saturated heterocycles. The van der Waals surface area contributed by atoms with Gasteiger partial charge in [0.05, 0.1) is 0 Å². The van der Waals surface area contributed by atoms with Gasteiger partial charge in [-0.15, -0.1) is 0 Å².